The summed E-state index contributed by atoms with van der Waals surface area (Å²) in [5.74, 6) is 0. The van der Waals surface area contributed by atoms with Crippen LogP contribution >= 0.6 is 0 Å². The quantitative estimate of drug-likeness (QED) is 0.483. The average Bonchev–Trinajstić information content (AvgIpc) is 2.50. The van der Waals surface area contributed by atoms with Gasteiger partial charge in [0.15, 0.2) is 0 Å². The van der Waals surface area contributed by atoms with Gasteiger partial charge < -0.3 is 12.4 Å². The minimum Gasteiger partial charge on any atom is -1.00 e. The first-order chi connectivity index (χ1) is 6.50. The fourth-order valence-electron chi connectivity index (χ4n) is 1.20. The molecule has 0 aliphatic rings. The monoisotopic (exact) mass is 245 g/mol. The first-order valence-electron chi connectivity index (χ1n) is 3.72. The van der Waals surface area contributed by atoms with E-state index in [0.717, 1.165) is 16.8 Å². The molecule has 0 fully saturated rings. The Kier molecular flexibility index (Phi) is 3.46. The number of nitrogens with zero attached hydrogens (tertiary/aromatic N) is 3. The van der Waals surface area contributed by atoms with E-state index < -0.39 is 11.9 Å². The van der Waals surface area contributed by atoms with Gasteiger partial charge in [-0.3, -0.25) is 0 Å². The predicted molar refractivity (Wildman–Crippen MR) is 43.4 cm³/mol. The van der Waals surface area contributed by atoms with E-state index in [-0.39, 0.29) is 18.1 Å². The van der Waals surface area contributed by atoms with Crippen molar-refractivity contribution >= 4 is 31.0 Å². The zero-order valence-corrected chi connectivity index (χ0v) is 9.46. The molecule has 2 heterocycles. The summed E-state index contributed by atoms with van der Waals surface area (Å²) in [6.45, 7) is 0. The zero-order chi connectivity index (χ0) is 10.3. The van der Waals surface area contributed by atoms with Crippen LogP contribution in [0.25, 0.3) is 5.65 Å². The van der Waals surface area contributed by atoms with E-state index in [9.17, 15) is 13.2 Å². The van der Waals surface area contributed by atoms with Gasteiger partial charge in [-0.2, -0.15) is 0 Å². The van der Waals surface area contributed by atoms with E-state index in [0.29, 0.717) is 3.69 Å². The van der Waals surface area contributed by atoms with Crippen LogP contribution in [0.15, 0.2) is 18.5 Å². The Hall–Kier alpha value is -0.534. The zero-order valence-electron chi connectivity index (χ0n) is 7.29. The molecule has 15 heavy (non-hydrogen) atoms. The topological polar surface area (TPSA) is 30.2 Å². The molecule has 0 unspecified atom stereocenters. The molecule has 0 bridgehead atoms. The van der Waals surface area contributed by atoms with Crippen LogP contribution in [-0.2, 0) is 6.18 Å². The molecule has 2 rings (SSSR count). The van der Waals surface area contributed by atoms with Crippen molar-refractivity contribution in [2.45, 2.75) is 6.18 Å². The van der Waals surface area contributed by atoms with Gasteiger partial charge in [0.1, 0.15) is 0 Å². The number of pyridine rings is 1. The molecule has 0 aromatic carbocycles. The number of fused-ring (bicyclic) bond motifs is 1. The summed E-state index contributed by atoms with van der Waals surface area (Å²) < 4.78 is 39.0. The van der Waals surface area contributed by atoms with Crippen molar-refractivity contribution in [3.8, 4) is 0 Å². The SMILES string of the molecule is FC(F)(F)c1cc[c]([Mg+])c2nncn12.[Cl-]. The van der Waals surface area contributed by atoms with Gasteiger partial charge in [-0.15, -0.1) is 0 Å². The van der Waals surface area contributed by atoms with Crippen LogP contribution in [0.1, 0.15) is 5.69 Å². The molecule has 0 amide bonds. The van der Waals surface area contributed by atoms with Crippen molar-refractivity contribution in [1.29, 1.82) is 0 Å². The molecule has 2 aromatic heterocycles. The number of aromatic nitrogens is 3. The minimum absolute atomic E-state index is 0. The number of hydrogen-bond donors (Lipinski definition) is 0. The summed E-state index contributed by atoms with van der Waals surface area (Å²) in [6.07, 6.45) is -3.31. The smallest absolute Gasteiger partial charge is 1.00 e. The Morgan fingerprint density at radius 3 is 2.53 bits per heavy atom. The van der Waals surface area contributed by atoms with E-state index in [1.165, 1.54) is 27.8 Å². The summed E-state index contributed by atoms with van der Waals surface area (Å²) >= 11 is 1.48. The van der Waals surface area contributed by atoms with Gasteiger partial charge in [0, 0.05) is 0 Å². The van der Waals surface area contributed by atoms with Crippen LogP contribution in [0.2, 0.25) is 0 Å². The van der Waals surface area contributed by atoms with Crippen LogP contribution in [-0.4, -0.2) is 36.3 Å². The molecule has 0 atom stereocenters. The Balaban J connectivity index is 0.00000112. The molecule has 8 heteroatoms. The van der Waals surface area contributed by atoms with Gasteiger partial charge in [0.25, 0.3) is 0 Å². The Morgan fingerprint density at radius 2 is 1.93 bits per heavy atom. The second kappa shape index (κ2) is 4.15. The number of hydrogen-bond acceptors (Lipinski definition) is 2. The van der Waals surface area contributed by atoms with E-state index in [1.807, 2.05) is 0 Å². The molecular formula is C7H3ClF3MgN3. The average molecular weight is 246 g/mol. The summed E-state index contributed by atoms with van der Waals surface area (Å²) in [7, 11) is 0. The van der Waals surface area contributed by atoms with Crippen molar-refractivity contribution in [3.63, 3.8) is 0 Å². The Labute approximate surface area is 102 Å². The molecule has 0 N–H and O–H groups in total. The summed E-state index contributed by atoms with van der Waals surface area (Å²) in [6, 6.07) is 2.42. The molecule has 0 saturated carbocycles. The fourth-order valence-corrected chi connectivity index (χ4v) is 1.55. The number of alkyl halides is 3. The molecule has 0 saturated heterocycles. The van der Waals surface area contributed by atoms with Gasteiger partial charge in [0.2, 0.25) is 0 Å². The Bertz CT molecular complexity index is 482. The van der Waals surface area contributed by atoms with Crippen LogP contribution in [0.5, 0.6) is 0 Å². The van der Waals surface area contributed by atoms with Crippen molar-refractivity contribution < 1.29 is 25.6 Å². The largest absolute Gasteiger partial charge is 1.00 e. The molecule has 3 nitrogen and oxygen atoms in total. The molecule has 0 aliphatic heterocycles. The van der Waals surface area contributed by atoms with Crippen molar-refractivity contribution in [2.75, 3.05) is 0 Å². The van der Waals surface area contributed by atoms with Gasteiger partial charge in [0.05, 0.1) is 0 Å². The first kappa shape index (κ1) is 12.5. The van der Waals surface area contributed by atoms with E-state index >= 15 is 0 Å². The molecule has 2 aromatic rings. The van der Waals surface area contributed by atoms with Gasteiger partial charge >= 0.3 is 89.1 Å². The van der Waals surface area contributed by atoms with Gasteiger partial charge in [-0.05, 0) is 0 Å². The van der Waals surface area contributed by atoms with Crippen LogP contribution < -0.4 is 16.1 Å². The first-order valence-corrected chi connectivity index (χ1v) is 4.43. The molecule has 0 aliphatic carbocycles. The molecule has 76 valence electrons. The number of rotatable bonds is 0. The normalized spacial score (nSPS) is 11.5. The summed E-state index contributed by atoms with van der Waals surface area (Å²) in [5.41, 5.74) is -0.508. The van der Waals surface area contributed by atoms with Crippen LogP contribution in [0, 0.1) is 0 Å². The third kappa shape index (κ3) is 2.18. The summed E-state index contributed by atoms with van der Waals surface area (Å²) in [4.78, 5) is 0. The van der Waals surface area contributed by atoms with E-state index in [1.54, 1.807) is 0 Å². The maximum Gasteiger partial charge on any atom is -1.00 e. The summed E-state index contributed by atoms with van der Waals surface area (Å²) in [5, 5.41) is 7.07. The third-order valence-corrected chi connectivity index (χ3v) is 2.38. The van der Waals surface area contributed by atoms with Crippen LogP contribution in [0.3, 0.4) is 0 Å². The van der Waals surface area contributed by atoms with Crippen molar-refractivity contribution in [3.05, 3.63) is 24.2 Å². The maximum atomic E-state index is 12.5. The fraction of sp³-hybridized carbons (Fsp3) is 0.143. The van der Waals surface area contributed by atoms with E-state index in [2.05, 4.69) is 10.2 Å². The minimum atomic E-state index is -4.38. The Morgan fingerprint density at radius 1 is 1.27 bits per heavy atom. The molecule has 0 spiro atoms. The third-order valence-electron chi connectivity index (χ3n) is 1.83. The predicted octanol–water partition coefficient (Wildman–Crippen LogP) is -2.45. The van der Waals surface area contributed by atoms with Gasteiger partial charge in [-0.25, -0.2) is 0 Å². The maximum absolute atomic E-state index is 12.5. The number of halogens is 4. The molecular weight excluding hydrogens is 243 g/mol. The van der Waals surface area contributed by atoms with E-state index in [4.69, 9.17) is 0 Å². The van der Waals surface area contributed by atoms with Crippen LogP contribution in [0.4, 0.5) is 13.2 Å². The van der Waals surface area contributed by atoms with Crippen molar-refractivity contribution in [2.24, 2.45) is 0 Å². The second-order valence-corrected chi connectivity index (χ2v) is 3.53. The standard InChI is InChI=1S/C7H3F3N3.ClH.Mg/c8-7(9,10)5-2-1-3-6-12-11-4-13(5)6;;/h1-2,4H;1H;/q;;+1/p-1. The van der Waals surface area contributed by atoms with Gasteiger partial charge in [-0.1, -0.05) is 0 Å². The second-order valence-electron chi connectivity index (χ2n) is 2.77. The van der Waals surface area contributed by atoms with Crippen molar-refractivity contribution in [1.82, 2.24) is 14.6 Å². The molecule has 0 radical (unpaired) electrons.